The van der Waals surface area contributed by atoms with Crippen molar-refractivity contribution in [1.29, 1.82) is 0 Å². The number of carboxylic acid groups (broad SMARTS) is 1. The summed E-state index contributed by atoms with van der Waals surface area (Å²) in [5.41, 5.74) is 28.3. The molecule has 109 heavy (non-hydrogen) atoms. The van der Waals surface area contributed by atoms with Crippen LogP contribution >= 0.6 is 11.6 Å². The van der Waals surface area contributed by atoms with Crippen LogP contribution in [0.5, 0.6) is 0 Å². The second-order valence-corrected chi connectivity index (χ2v) is 29.3. The third-order valence-electron chi connectivity index (χ3n) is 21.1. The van der Waals surface area contributed by atoms with Gasteiger partial charge in [0.25, 0.3) is 0 Å². The van der Waals surface area contributed by atoms with Crippen molar-refractivity contribution in [2.45, 2.75) is 129 Å². The molecule has 12 aromatic rings. The van der Waals surface area contributed by atoms with E-state index in [4.69, 9.17) is 16.7 Å². The third-order valence-corrected chi connectivity index (χ3v) is 21.3. The number of Topliss-reactive ketones (excluding diaryl/α,β-unsaturated/α-hetero) is 6. The van der Waals surface area contributed by atoms with Crippen molar-refractivity contribution in [1.82, 2.24) is 0 Å². The molecule has 10 heteroatoms. The fourth-order valence-corrected chi connectivity index (χ4v) is 15.6. The van der Waals surface area contributed by atoms with Crippen LogP contribution in [0.4, 0.5) is 4.39 Å². The summed E-state index contributed by atoms with van der Waals surface area (Å²) < 4.78 is 13.2. The molecule has 544 valence electrons. The second-order valence-electron chi connectivity index (χ2n) is 28.9. The van der Waals surface area contributed by atoms with Crippen molar-refractivity contribution in [3.8, 4) is 66.8 Å². The lowest BCUT2D eigenvalue weighted by atomic mass is 9.88. The van der Waals surface area contributed by atoms with Crippen molar-refractivity contribution < 1.29 is 43.1 Å². The minimum atomic E-state index is -0.931. The van der Waals surface area contributed by atoms with Gasteiger partial charge in [0.05, 0.1) is 5.56 Å². The fraction of sp³-hybridized carbons (Fsp3) is 0.202. The Morgan fingerprint density at radius 1 is 0.266 bits per heavy atom. The molecule has 0 heterocycles. The topological polar surface area (TPSA) is 140 Å². The van der Waals surface area contributed by atoms with Crippen LogP contribution in [0, 0.1) is 19.7 Å². The summed E-state index contributed by atoms with van der Waals surface area (Å²) in [6, 6.07) is 84.8. The van der Waals surface area contributed by atoms with Crippen molar-refractivity contribution >= 4 is 52.3 Å². The van der Waals surface area contributed by atoms with Gasteiger partial charge in [-0.25, -0.2) is 9.18 Å². The Labute approximate surface area is 642 Å². The van der Waals surface area contributed by atoms with Gasteiger partial charge in [-0.05, 0) is 227 Å². The number of carboxylic acids is 1. The molecule has 1 N–H and O–H groups in total. The van der Waals surface area contributed by atoms with Crippen LogP contribution in [0.25, 0.3) is 66.8 Å². The smallest absolute Gasteiger partial charge is 0.335 e. The summed E-state index contributed by atoms with van der Waals surface area (Å²) in [4.78, 5) is 81.6. The van der Waals surface area contributed by atoms with Crippen LogP contribution in [-0.2, 0) is 38.5 Å². The minimum Gasteiger partial charge on any atom is -0.478 e. The quantitative estimate of drug-likeness (QED) is 0.166. The molecule has 12 aromatic carbocycles. The van der Waals surface area contributed by atoms with E-state index >= 15 is 0 Å². The van der Waals surface area contributed by atoms with E-state index in [0.29, 0.717) is 55.9 Å². The monoisotopic (exact) mass is 1460 g/mol. The number of fused-ring (bicyclic) bond motifs is 6. The highest BCUT2D eigenvalue weighted by Crippen LogP contribution is 2.35. The molecule has 0 radical (unpaired) electrons. The zero-order chi connectivity index (χ0) is 75.9. The number of aromatic carboxylic acids is 1. The molecule has 18 rings (SSSR count). The molecule has 8 nitrogen and oxygen atoms in total. The Kier molecular flexibility index (Phi) is 24.5. The minimum absolute atomic E-state index is 0.206. The second kappa shape index (κ2) is 35.4. The van der Waals surface area contributed by atoms with Gasteiger partial charge in [0.2, 0.25) is 0 Å². The molecule has 6 aliphatic carbocycles. The first-order valence-corrected chi connectivity index (χ1v) is 38.3. The molecule has 0 spiro atoms. The molecule has 0 aromatic heterocycles. The summed E-state index contributed by atoms with van der Waals surface area (Å²) in [7, 11) is 0. The third kappa shape index (κ3) is 19.0. The molecular formula is C99H86ClFO8. The Morgan fingerprint density at radius 2 is 0.523 bits per heavy atom. The molecular weight excluding hydrogens is 1370 g/mol. The molecule has 0 aliphatic heterocycles. The highest BCUT2D eigenvalue weighted by Gasteiger charge is 2.24. The van der Waals surface area contributed by atoms with Gasteiger partial charge in [0, 0.05) is 76.9 Å². The molecule has 0 bridgehead atoms. The van der Waals surface area contributed by atoms with Gasteiger partial charge >= 0.3 is 5.97 Å². The van der Waals surface area contributed by atoms with E-state index in [1.54, 1.807) is 24.3 Å². The first-order valence-electron chi connectivity index (χ1n) is 38.0. The molecule has 0 atom stereocenters. The zero-order valence-electron chi connectivity index (χ0n) is 61.6. The lowest BCUT2D eigenvalue weighted by Gasteiger charge is -2.15. The van der Waals surface area contributed by atoms with Gasteiger partial charge in [-0.3, -0.25) is 28.8 Å². The van der Waals surface area contributed by atoms with Gasteiger partial charge in [-0.1, -0.05) is 247 Å². The Balaban J connectivity index is 0.000000115. The summed E-state index contributed by atoms with van der Waals surface area (Å²) in [5, 5.41) is 9.78. The van der Waals surface area contributed by atoms with Crippen LogP contribution < -0.4 is 0 Å². The summed E-state index contributed by atoms with van der Waals surface area (Å²) in [6.07, 6.45) is 15.7. The number of hydrogen-bond acceptors (Lipinski definition) is 7. The first kappa shape index (κ1) is 75.6. The van der Waals surface area contributed by atoms with Crippen LogP contribution in [0.15, 0.2) is 261 Å². The number of rotatable bonds is 7. The van der Waals surface area contributed by atoms with Crippen molar-refractivity contribution in [3.63, 3.8) is 0 Å². The lowest BCUT2D eigenvalue weighted by Crippen LogP contribution is -2.10. The van der Waals surface area contributed by atoms with Crippen molar-refractivity contribution in [2.75, 3.05) is 0 Å². The van der Waals surface area contributed by atoms with Gasteiger partial charge in [0.1, 0.15) is 5.82 Å². The van der Waals surface area contributed by atoms with E-state index in [1.807, 2.05) is 121 Å². The first-order chi connectivity index (χ1) is 52.9. The van der Waals surface area contributed by atoms with E-state index in [-0.39, 0.29) is 28.7 Å². The zero-order valence-corrected chi connectivity index (χ0v) is 62.4. The van der Waals surface area contributed by atoms with E-state index in [1.165, 1.54) is 78.9 Å². The lowest BCUT2D eigenvalue weighted by molar-refractivity contribution is 0.0695. The van der Waals surface area contributed by atoms with Crippen LogP contribution in [0.3, 0.4) is 0 Å². The van der Waals surface area contributed by atoms with E-state index < -0.39 is 5.97 Å². The highest BCUT2D eigenvalue weighted by molar-refractivity contribution is 6.30. The Hall–Kier alpha value is -11.7. The largest absolute Gasteiger partial charge is 0.478 e. The SMILES string of the molecule is Cc1cccc(-c2ccc3c(c2)CCCC3=O)c1.Cc1cccc(-c2ccc3c(c2)CCCC3=O)c1.O=C(O)c1cccc(-c2ccc3c(c2)CCCC3=O)c1.O=C1CCCc2cc(-c3cccc(Cl)c3)ccc21.O=C1CCCc2cc(-c3cccc(F)c3)ccc21.O=C1CCCc2cc(-c3ccccc3)ccc21. The number of hydrogen-bond donors (Lipinski definition) is 1. The molecule has 0 saturated heterocycles. The average molecular weight is 1460 g/mol. The maximum absolute atomic E-state index is 13.2. The number of carbonyl (C=O) groups is 7. The Morgan fingerprint density at radius 3 is 0.826 bits per heavy atom. The molecule has 0 amide bonds. The number of aryl methyl sites for hydroxylation is 8. The summed E-state index contributed by atoms with van der Waals surface area (Å²) in [5.74, 6) is 0.430. The summed E-state index contributed by atoms with van der Waals surface area (Å²) >= 11 is 6.01. The van der Waals surface area contributed by atoms with Crippen LogP contribution in [0.2, 0.25) is 5.02 Å². The van der Waals surface area contributed by atoms with Gasteiger partial charge in [0.15, 0.2) is 34.7 Å². The number of ketones is 6. The van der Waals surface area contributed by atoms with Gasteiger partial charge < -0.3 is 5.11 Å². The fourth-order valence-electron chi connectivity index (χ4n) is 15.4. The van der Waals surface area contributed by atoms with Crippen molar-refractivity contribution in [2.24, 2.45) is 0 Å². The molecule has 0 fully saturated rings. The predicted octanol–water partition coefficient (Wildman–Crippen LogP) is 24.3. The maximum Gasteiger partial charge on any atom is 0.335 e. The highest BCUT2D eigenvalue weighted by atomic mass is 35.5. The molecule has 0 saturated carbocycles. The van der Waals surface area contributed by atoms with Gasteiger partial charge in [-0.15, -0.1) is 0 Å². The molecule has 0 unspecified atom stereocenters. The van der Waals surface area contributed by atoms with Crippen LogP contribution in [0.1, 0.15) is 194 Å². The predicted molar refractivity (Wildman–Crippen MR) is 436 cm³/mol. The van der Waals surface area contributed by atoms with Crippen LogP contribution in [-0.4, -0.2) is 45.8 Å². The number of benzene rings is 12. The Bertz CT molecular complexity index is 5010. The number of carbonyl (C=O) groups excluding carboxylic acids is 6. The maximum atomic E-state index is 13.2. The van der Waals surface area contributed by atoms with E-state index in [9.17, 15) is 38.0 Å². The molecule has 6 aliphatic rings. The van der Waals surface area contributed by atoms with Crippen molar-refractivity contribution in [3.05, 3.63) is 355 Å². The average Bonchev–Trinajstić information content (AvgIpc) is 0.836. The normalized spacial score (nSPS) is 14.3. The summed E-state index contributed by atoms with van der Waals surface area (Å²) in [6.45, 7) is 4.21. The standard InChI is InChI=1S/C17H14O3.2C17H16O.C16H13ClO.C16H13FO.C16H14O/c18-16-6-2-4-13-9-12(7-8-15(13)16)11-3-1-5-14(10-11)17(19)20;2*1-12-4-2-5-13(10-12)14-8-9-16-15(11-14)6-3-7-17(16)18;2*17-14-5-1-3-11(10-14)12-7-8-15-13(9-12)4-2-6-16(15)18;17-16-8-4-7-14-11-13(9-10-15(14)16)12-5-2-1-3-6-12/h1,3,5,7-10H,2,4,6H2,(H,19,20);2*2,4-5,8-11H,3,6-7H2,1H3;2*1,3,5,7-10H,2,4,6H2;1-3,5-6,9-11H,4,7-8H2. The van der Waals surface area contributed by atoms with E-state index in [0.717, 1.165) is 160 Å². The van der Waals surface area contributed by atoms with E-state index in [2.05, 4.69) is 117 Å². The van der Waals surface area contributed by atoms with Gasteiger partial charge in [-0.2, -0.15) is 0 Å². The number of halogens is 2.